The van der Waals surface area contributed by atoms with Gasteiger partial charge in [-0.3, -0.25) is 4.68 Å². The molecule has 0 fully saturated rings. The van der Waals surface area contributed by atoms with Crippen molar-refractivity contribution in [3.63, 3.8) is 0 Å². The molecule has 2 aromatic rings. The smallest absolute Gasteiger partial charge is 0.244 e. The molecule has 19 heavy (non-hydrogen) atoms. The van der Waals surface area contributed by atoms with E-state index in [9.17, 15) is 8.42 Å². The highest BCUT2D eigenvalue weighted by Gasteiger charge is 2.23. The molecule has 8 nitrogen and oxygen atoms in total. The van der Waals surface area contributed by atoms with Gasteiger partial charge in [0.05, 0.1) is 12.2 Å². The van der Waals surface area contributed by atoms with Crippen LogP contribution >= 0.6 is 0 Å². The fourth-order valence-electron chi connectivity index (χ4n) is 1.50. The molecule has 0 radical (unpaired) electrons. The lowest BCUT2D eigenvalue weighted by atomic mass is 10.4. The molecule has 2 rings (SSSR count). The van der Waals surface area contributed by atoms with Crippen molar-refractivity contribution in [3.8, 4) is 0 Å². The van der Waals surface area contributed by atoms with Gasteiger partial charge in [0, 0.05) is 12.7 Å². The molecule has 0 aliphatic heterocycles. The van der Waals surface area contributed by atoms with Gasteiger partial charge in [-0.15, -0.1) is 0 Å². The summed E-state index contributed by atoms with van der Waals surface area (Å²) >= 11 is 0. The van der Waals surface area contributed by atoms with E-state index in [2.05, 4.69) is 20.0 Å². The van der Waals surface area contributed by atoms with Crippen LogP contribution in [-0.4, -0.2) is 28.3 Å². The zero-order valence-corrected chi connectivity index (χ0v) is 11.7. The zero-order valence-electron chi connectivity index (χ0n) is 10.9. The summed E-state index contributed by atoms with van der Waals surface area (Å²) in [7, 11) is -3.65. The molecule has 0 unspecified atom stereocenters. The Morgan fingerprint density at radius 2 is 2.26 bits per heavy atom. The molecular weight excluding hydrogens is 270 g/mol. The van der Waals surface area contributed by atoms with Crippen molar-refractivity contribution in [1.82, 2.24) is 24.6 Å². The van der Waals surface area contributed by atoms with Crippen molar-refractivity contribution in [3.05, 3.63) is 24.1 Å². The fourth-order valence-corrected chi connectivity index (χ4v) is 2.65. The molecule has 9 heteroatoms. The molecule has 0 saturated carbocycles. The second-order valence-corrected chi connectivity index (χ2v) is 5.77. The van der Waals surface area contributed by atoms with Gasteiger partial charge in [0.25, 0.3) is 0 Å². The van der Waals surface area contributed by atoms with Gasteiger partial charge in [-0.2, -0.15) is 14.8 Å². The molecule has 0 spiro atoms. The second kappa shape index (κ2) is 5.10. The average molecular weight is 285 g/mol. The van der Waals surface area contributed by atoms with E-state index >= 15 is 0 Å². The minimum atomic E-state index is -3.65. The van der Waals surface area contributed by atoms with Crippen LogP contribution in [0.25, 0.3) is 0 Å². The van der Waals surface area contributed by atoms with Crippen LogP contribution < -0.4 is 4.72 Å². The first-order valence-corrected chi connectivity index (χ1v) is 7.25. The average Bonchev–Trinajstić information content (AvgIpc) is 2.96. The minimum absolute atomic E-state index is 0.109. The second-order valence-electron chi connectivity index (χ2n) is 4.05. The Morgan fingerprint density at radius 1 is 1.53 bits per heavy atom. The van der Waals surface area contributed by atoms with Crippen LogP contribution in [-0.2, 0) is 16.6 Å². The van der Waals surface area contributed by atoms with Gasteiger partial charge in [0.1, 0.15) is 4.90 Å². The Hall–Kier alpha value is -1.74. The summed E-state index contributed by atoms with van der Waals surface area (Å²) in [5, 5.41) is 7.55. The highest BCUT2D eigenvalue weighted by atomic mass is 32.2. The van der Waals surface area contributed by atoms with Crippen molar-refractivity contribution >= 4 is 10.0 Å². The van der Waals surface area contributed by atoms with Gasteiger partial charge < -0.3 is 4.52 Å². The number of aromatic nitrogens is 4. The first-order chi connectivity index (χ1) is 8.92. The number of hydrogen-bond donors (Lipinski definition) is 1. The number of nitrogens with zero attached hydrogens (tertiary/aromatic N) is 4. The van der Waals surface area contributed by atoms with E-state index in [4.69, 9.17) is 4.52 Å². The predicted molar refractivity (Wildman–Crippen MR) is 65.7 cm³/mol. The third-order valence-corrected chi connectivity index (χ3v) is 3.98. The molecular formula is C10H15N5O3S. The van der Waals surface area contributed by atoms with Crippen molar-refractivity contribution in [2.45, 2.75) is 38.3 Å². The number of nitrogens with one attached hydrogen (secondary N) is 1. The molecule has 0 aliphatic carbocycles. The maximum absolute atomic E-state index is 12.1. The zero-order chi connectivity index (χ0) is 14.0. The Balaban J connectivity index is 2.17. The molecule has 1 N–H and O–H groups in total. The largest absolute Gasteiger partial charge is 0.338 e. The first-order valence-electron chi connectivity index (χ1n) is 5.77. The van der Waals surface area contributed by atoms with E-state index in [1.807, 2.05) is 6.92 Å². The molecule has 0 saturated heterocycles. The molecule has 0 amide bonds. The number of hydrogen-bond acceptors (Lipinski definition) is 6. The highest BCUT2D eigenvalue weighted by Crippen LogP contribution is 2.14. The number of sulfonamides is 1. The maximum atomic E-state index is 12.1. The predicted octanol–water partition coefficient (Wildman–Crippen LogP) is 0.634. The van der Waals surface area contributed by atoms with E-state index in [1.54, 1.807) is 13.8 Å². The van der Waals surface area contributed by atoms with Crippen LogP contribution in [0.4, 0.5) is 0 Å². The van der Waals surface area contributed by atoms with E-state index in [1.165, 1.54) is 17.1 Å². The van der Waals surface area contributed by atoms with E-state index in [-0.39, 0.29) is 10.8 Å². The SMILES string of the molecule is CCn1cc(S(=O)(=O)N[C@H](C)c2nc(C)no2)cn1. The third-order valence-electron chi connectivity index (χ3n) is 2.49. The summed E-state index contributed by atoms with van der Waals surface area (Å²) in [5.74, 6) is 0.684. The molecule has 0 bridgehead atoms. The van der Waals surface area contributed by atoms with Crippen molar-refractivity contribution in [1.29, 1.82) is 0 Å². The molecule has 2 heterocycles. The summed E-state index contributed by atoms with van der Waals surface area (Å²) in [6.45, 7) is 5.78. The lowest BCUT2D eigenvalue weighted by molar-refractivity contribution is 0.351. The topological polar surface area (TPSA) is 103 Å². The summed E-state index contributed by atoms with van der Waals surface area (Å²) in [4.78, 5) is 4.09. The minimum Gasteiger partial charge on any atom is -0.338 e. The van der Waals surface area contributed by atoms with Gasteiger partial charge in [0.2, 0.25) is 15.9 Å². The Labute approximate surface area is 110 Å². The molecule has 1 atom stereocenters. The monoisotopic (exact) mass is 285 g/mol. The summed E-state index contributed by atoms with van der Waals surface area (Å²) in [5.41, 5.74) is 0. The Kier molecular flexibility index (Phi) is 3.67. The van der Waals surface area contributed by atoms with Crippen molar-refractivity contribution in [2.75, 3.05) is 0 Å². The van der Waals surface area contributed by atoms with E-state index in [0.29, 0.717) is 12.4 Å². The van der Waals surface area contributed by atoms with Crippen LogP contribution in [0.15, 0.2) is 21.8 Å². The molecule has 2 aromatic heterocycles. The lowest BCUT2D eigenvalue weighted by Crippen LogP contribution is -2.26. The molecule has 0 aliphatic rings. The van der Waals surface area contributed by atoms with Gasteiger partial charge >= 0.3 is 0 Å². The normalized spacial score (nSPS) is 13.6. The molecule has 104 valence electrons. The fraction of sp³-hybridized carbons (Fsp3) is 0.500. The Bertz CT molecular complexity index is 660. The van der Waals surface area contributed by atoms with E-state index in [0.717, 1.165) is 0 Å². The van der Waals surface area contributed by atoms with Crippen LogP contribution in [0, 0.1) is 6.92 Å². The van der Waals surface area contributed by atoms with Crippen molar-refractivity contribution in [2.24, 2.45) is 0 Å². The Morgan fingerprint density at radius 3 is 2.79 bits per heavy atom. The van der Waals surface area contributed by atoms with Crippen LogP contribution in [0.2, 0.25) is 0 Å². The standard InChI is InChI=1S/C10H15N5O3S/c1-4-15-6-9(5-11-15)19(16,17)14-7(2)10-12-8(3)13-18-10/h5-7,14H,4H2,1-3H3/t7-/m1/s1. The van der Waals surface area contributed by atoms with Crippen LogP contribution in [0.5, 0.6) is 0 Å². The maximum Gasteiger partial charge on any atom is 0.244 e. The van der Waals surface area contributed by atoms with Gasteiger partial charge in [-0.05, 0) is 20.8 Å². The lowest BCUT2D eigenvalue weighted by Gasteiger charge is -2.08. The van der Waals surface area contributed by atoms with E-state index < -0.39 is 16.1 Å². The number of aryl methyl sites for hydroxylation is 2. The summed E-state index contributed by atoms with van der Waals surface area (Å²) in [6, 6.07) is -0.601. The van der Waals surface area contributed by atoms with Gasteiger partial charge in [-0.25, -0.2) is 8.42 Å². The summed E-state index contributed by atoms with van der Waals surface area (Å²) < 4.78 is 33.1. The van der Waals surface area contributed by atoms with Crippen LogP contribution in [0.1, 0.15) is 31.6 Å². The van der Waals surface area contributed by atoms with Gasteiger partial charge in [-0.1, -0.05) is 5.16 Å². The highest BCUT2D eigenvalue weighted by molar-refractivity contribution is 7.89. The van der Waals surface area contributed by atoms with Crippen LogP contribution in [0.3, 0.4) is 0 Å². The molecule has 0 aromatic carbocycles. The summed E-state index contributed by atoms with van der Waals surface area (Å²) in [6.07, 6.45) is 2.77. The van der Waals surface area contributed by atoms with Gasteiger partial charge in [0.15, 0.2) is 5.82 Å². The quantitative estimate of drug-likeness (QED) is 0.864. The van der Waals surface area contributed by atoms with Crippen molar-refractivity contribution < 1.29 is 12.9 Å². The third kappa shape index (κ3) is 2.99. The first kappa shape index (κ1) is 13.7. The number of rotatable bonds is 5.